The Labute approximate surface area is 135 Å². The van der Waals surface area contributed by atoms with E-state index in [9.17, 15) is 4.79 Å². The van der Waals surface area contributed by atoms with Crippen LogP contribution in [0.25, 0.3) is 0 Å². The van der Waals surface area contributed by atoms with Gasteiger partial charge in [-0.15, -0.1) is 0 Å². The zero-order valence-corrected chi connectivity index (χ0v) is 14.1. The van der Waals surface area contributed by atoms with Gasteiger partial charge in [-0.05, 0) is 44.2 Å². The Morgan fingerprint density at radius 3 is 2.82 bits per heavy atom. The summed E-state index contributed by atoms with van der Waals surface area (Å²) >= 11 is 0. The van der Waals surface area contributed by atoms with Gasteiger partial charge in [-0.25, -0.2) is 0 Å². The van der Waals surface area contributed by atoms with E-state index < -0.39 is 0 Å². The molecular weight excluding hydrogens is 272 g/mol. The first-order valence-corrected chi connectivity index (χ1v) is 8.72. The Morgan fingerprint density at radius 1 is 1.32 bits per heavy atom. The van der Waals surface area contributed by atoms with E-state index in [1.165, 1.54) is 31.4 Å². The number of benzene rings is 1. The predicted molar refractivity (Wildman–Crippen MR) is 92.0 cm³/mol. The molecule has 122 valence electrons. The lowest BCUT2D eigenvalue weighted by Gasteiger charge is -2.33. The summed E-state index contributed by atoms with van der Waals surface area (Å²) in [5, 5.41) is 3.07. The molecular formula is C19H30N2O. The largest absolute Gasteiger partial charge is 0.356 e. The third kappa shape index (κ3) is 5.45. The van der Waals surface area contributed by atoms with Crippen LogP contribution in [-0.4, -0.2) is 36.5 Å². The van der Waals surface area contributed by atoms with Crippen LogP contribution in [0.5, 0.6) is 0 Å². The van der Waals surface area contributed by atoms with Gasteiger partial charge >= 0.3 is 0 Å². The molecule has 2 unspecified atom stereocenters. The summed E-state index contributed by atoms with van der Waals surface area (Å²) in [6.45, 7) is 7.56. The zero-order valence-electron chi connectivity index (χ0n) is 14.1. The monoisotopic (exact) mass is 302 g/mol. The molecule has 0 radical (unpaired) electrons. The van der Waals surface area contributed by atoms with Gasteiger partial charge in [-0.1, -0.05) is 43.7 Å². The second-order valence-electron chi connectivity index (χ2n) is 6.60. The highest BCUT2D eigenvalue weighted by molar-refractivity contribution is 5.76. The van der Waals surface area contributed by atoms with Crippen LogP contribution in [-0.2, 0) is 4.79 Å². The molecule has 0 aliphatic carbocycles. The van der Waals surface area contributed by atoms with Crippen molar-refractivity contribution in [2.45, 2.75) is 57.9 Å². The van der Waals surface area contributed by atoms with Crippen molar-refractivity contribution >= 4 is 5.91 Å². The number of hydrogen-bond acceptors (Lipinski definition) is 2. The molecule has 2 rings (SSSR count). The van der Waals surface area contributed by atoms with Crippen molar-refractivity contribution in [2.75, 3.05) is 19.6 Å². The number of likely N-dealkylation sites (tertiary alicyclic amines) is 1. The minimum absolute atomic E-state index is 0.169. The molecule has 1 aliphatic heterocycles. The topological polar surface area (TPSA) is 32.3 Å². The third-order valence-electron chi connectivity index (χ3n) is 4.75. The first kappa shape index (κ1) is 17.0. The van der Waals surface area contributed by atoms with Crippen LogP contribution in [0.1, 0.15) is 57.4 Å². The summed E-state index contributed by atoms with van der Waals surface area (Å²) in [6.07, 6.45) is 5.64. The van der Waals surface area contributed by atoms with Crippen LogP contribution < -0.4 is 5.32 Å². The summed E-state index contributed by atoms with van der Waals surface area (Å²) in [6, 6.07) is 11.0. The summed E-state index contributed by atoms with van der Waals surface area (Å²) in [7, 11) is 0. The van der Waals surface area contributed by atoms with Crippen molar-refractivity contribution in [3.63, 3.8) is 0 Å². The SMILES string of the molecule is CC(CC(=O)NCCCN1CCCCC1C)c1ccccc1. The van der Waals surface area contributed by atoms with Crippen molar-refractivity contribution in [3.8, 4) is 0 Å². The molecule has 1 N–H and O–H groups in total. The predicted octanol–water partition coefficient (Wildman–Crippen LogP) is 3.56. The van der Waals surface area contributed by atoms with Gasteiger partial charge in [0.1, 0.15) is 0 Å². The van der Waals surface area contributed by atoms with Gasteiger partial charge in [0.25, 0.3) is 0 Å². The smallest absolute Gasteiger partial charge is 0.220 e. The fourth-order valence-electron chi connectivity index (χ4n) is 3.25. The van der Waals surface area contributed by atoms with E-state index >= 15 is 0 Å². The van der Waals surface area contributed by atoms with Gasteiger partial charge in [-0.3, -0.25) is 4.79 Å². The summed E-state index contributed by atoms with van der Waals surface area (Å²) in [4.78, 5) is 14.6. The second-order valence-corrected chi connectivity index (χ2v) is 6.60. The van der Waals surface area contributed by atoms with Gasteiger partial charge < -0.3 is 10.2 Å². The van der Waals surface area contributed by atoms with Crippen LogP contribution in [0, 0.1) is 0 Å². The lowest BCUT2D eigenvalue weighted by Crippen LogP contribution is -2.39. The number of amides is 1. The lowest BCUT2D eigenvalue weighted by atomic mass is 9.97. The van der Waals surface area contributed by atoms with E-state index in [0.717, 1.165) is 19.5 Å². The molecule has 1 aliphatic rings. The van der Waals surface area contributed by atoms with Gasteiger partial charge in [0.05, 0.1) is 0 Å². The van der Waals surface area contributed by atoms with E-state index in [1.54, 1.807) is 0 Å². The third-order valence-corrected chi connectivity index (χ3v) is 4.75. The van der Waals surface area contributed by atoms with Crippen molar-refractivity contribution in [1.29, 1.82) is 0 Å². The summed E-state index contributed by atoms with van der Waals surface area (Å²) in [5.74, 6) is 0.450. The number of hydrogen-bond donors (Lipinski definition) is 1. The quantitative estimate of drug-likeness (QED) is 0.781. The molecule has 1 saturated heterocycles. The summed E-state index contributed by atoms with van der Waals surface area (Å²) < 4.78 is 0. The highest BCUT2D eigenvalue weighted by Gasteiger charge is 2.17. The van der Waals surface area contributed by atoms with E-state index in [0.29, 0.717) is 12.5 Å². The molecule has 0 saturated carbocycles. The molecule has 1 fully saturated rings. The second kappa shape index (κ2) is 8.94. The van der Waals surface area contributed by atoms with E-state index in [4.69, 9.17) is 0 Å². The molecule has 1 aromatic rings. The maximum Gasteiger partial charge on any atom is 0.220 e. The maximum absolute atomic E-state index is 12.0. The number of nitrogens with zero attached hydrogens (tertiary/aromatic N) is 1. The number of piperidine rings is 1. The standard InChI is InChI=1S/C19H30N2O/c1-16(18-10-4-3-5-11-18)15-19(22)20-12-8-14-21-13-7-6-9-17(21)2/h3-5,10-11,16-17H,6-9,12-15H2,1-2H3,(H,20,22). The molecule has 0 aromatic heterocycles. The van der Waals surface area contributed by atoms with Crippen molar-refractivity contribution < 1.29 is 4.79 Å². The van der Waals surface area contributed by atoms with Gasteiger partial charge in [0, 0.05) is 25.6 Å². The van der Waals surface area contributed by atoms with E-state index in [-0.39, 0.29) is 11.8 Å². The first-order valence-electron chi connectivity index (χ1n) is 8.72. The van der Waals surface area contributed by atoms with Crippen molar-refractivity contribution in [1.82, 2.24) is 10.2 Å². The van der Waals surface area contributed by atoms with Crippen LogP contribution in [0.2, 0.25) is 0 Å². The Kier molecular flexibility index (Phi) is 6.91. The van der Waals surface area contributed by atoms with Crippen LogP contribution >= 0.6 is 0 Å². The number of carbonyl (C=O) groups is 1. The molecule has 2 atom stereocenters. The highest BCUT2D eigenvalue weighted by Crippen LogP contribution is 2.18. The van der Waals surface area contributed by atoms with Crippen molar-refractivity contribution in [3.05, 3.63) is 35.9 Å². The minimum Gasteiger partial charge on any atom is -0.356 e. The average molecular weight is 302 g/mol. The Bertz CT molecular complexity index is 446. The number of carbonyl (C=O) groups excluding carboxylic acids is 1. The van der Waals surface area contributed by atoms with Crippen LogP contribution in [0.3, 0.4) is 0 Å². The van der Waals surface area contributed by atoms with Crippen molar-refractivity contribution in [2.24, 2.45) is 0 Å². The Morgan fingerprint density at radius 2 is 2.09 bits per heavy atom. The zero-order chi connectivity index (χ0) is 15.8. The van der Waals surface area contributed by atoms with Gasteiger partial charge in [0.15, 0.2) is 0 Å². The highest BCUT2D eigenvalue weighted by atomic mass is 16.1. The molecule has 1 heterocycles. The van der Waals surface area contributed by atoms with E-state index in [1.807, 2.05) is 18.2 Å². The molecule has 1 amide bonds. The normalized spacial score (nSPS) is 20.5. The minimum atomic E-state index is 0.169. The fraction of sp³-hybridized carbons (Fsp3) is 0.632. The fourth-order valence-corrected chi connectivity index (χ4v) is 3.25. The molecule has 0 spiro atoms. The summed E-state index contributed by atoms with van der Waals surface area (Å²) in [5.41, 5.74) is 1.24. The van der Waals surface area contributed by atoms with Gasteiger partial charge in [-0.2, -0.15) is 0 Å². The molecule has 3 nitrogen and oxygen atoms in total. The Balaban J connectivity index is 1.61. The van der Waals surface area contributed by atoms with Crippen LogP contribution in [0.15, 0.2) is 30.3 Å². The molecule has 1 aromatic carbocycles. The Hall–Kier alpha value is -1.35. The first-order chi connectivity index (χ1) is 10.7. The maximum atomic E-state index is 12.0. The molecule has 3 heteroatoms. The van der Waals surface area contributed by atoms with Gasteiger partial charge in [0.2, 0.25) is 5.91 Å². The average Bonchev–Trinajstić information content (AvgIpc) is 2.54. The lowest BCUT2D eigenvalue weighted by molar-refractivity contribution is -0.121. The van der Waals surface area contributed by atoms with Crippen LogP contribution in [0.4, 0.5) is 0 Å². The number of rotatable bonds is 7. The molecule has 22 heavy (non-hydrogen) atoms. The van der Waals surface area contributed by atoms with E-state index in [2.05, 4.69) is 36.2 Å². The molecule has 0 bridgehead atoms. The number of nitrogens with one attached hydrogen (secondary N) is 1.